The number of para-hydroxylation sites is 1. The molecule has 0 atom stereocenters. The standard InChI is InChI=1S/C23H28N4O2/c1-17(2)25-13-15-26(16-14-25)22(28)20-9-6-10-21-19(20)11-12-27(21)23(29)24-18-7-4-3-5-8-18/h3-10,17H,11-16H2,1-2H3,(H,24,29). The van der Waals surface area contributed by atoms with E-state index in [1.54, 1.807) is 4.90 Å². The lowest BCUT2D eigenvalue weighted by Gasteiger charge is -2.37. The van der Waals surface area contributed by atoms with Gasteiger partial charge in [-0.2, -0.15) is 0 Å². The zero-order valence-corrected chi connectivity index (χ0v) is 17.1. The second kappa shape index (κ2) is 8.25. The van der Waals surface area contributed by atoms with E-state index < -0.39 is 0 Å². The highest BCUT2D eigenvalue weighted by atomic mass is 16.2. The van der Waals surface area contributed by atoms with Crippen molar-refractivity contribution < 1.29 is 9.59 Å². The molecule has 3 amide bonds. The molecule has 2 aliphatic heterocycles. The van der Waals surface area contributed by atoms with Crippen LogP contribution in [0.25, 0.3) is 0 Å². The van der Waals surface area contributed by atoms with Gasteiger partial charge in [0.2, 0.25) is 0 Å². The molecule has 29 heavy (non-hydrogen) atoms. The summed E-state index contributed by atoms with van der Waals surface area (Å²) in [4.78, 5) is 32.0. The summed E-state index contributed by atoms with van der Waals surface area (Å²) >= 11 is 0. The number of carbonyl (C=O) groups is 2. The van der Waals surface area contributed by atoms with Gasteiger partial charge >= 0.3 is 6.03 Å². The van der Waals surface area contributed by atoms with Crippen LogP contribution in [0.15, 0.2) is 48.5 Å². The highest BCUT2D eigenvalue weighted by Gasteiger charge is 2.31. The van der Waals surface area contributed by atoms with Crippen LogP contribution in [0.4, 0.5) is 16.2 Å². The molecule has 2 aromatic rings. The Labute approximate surface area is 172 Å². The summed E-state index contributed by atoms with van der Waals surface area (Å²) in [7, 11) is 0. The first kappa shape index (κ1) is 19.5. The quantitative estimate of drug-likeness (QED) is 0.871. The smallest absolute Gasteiger partial charge is 0.326 e. The maximum absolute atomic E-state index is 13.2. The molecule has 2 aliphatic rings. The SMILES string of the molecule is CC(C)N1CCN(C(=O)c2cccc3c2CCN3C(=O)Nc2ccccc2)CC1. The van der Waals surface area contributed by atoms with Crippen LogP contribution in [0.5, 0.6) is 0 Å². The Hall–Kier alpha value is -2.86. The van der Waals surface area contributed by atoms with Gasteiger partial charge in [-0.05, 0) is 50.1 Å². The fourth-order valence-electron chi connectivity index (χ4n) is 4.17. The van der Waals surface area contributed by atoms with E-state index in [0.29, 0.717) is 19.0 Å². The Balaban J connectivity index is 1.49. The van der Waals surface area contributed by atoms with E-state index in [1.165, 1.54) is 0 Å². The van der Waals surface area contributed by atoms with E-state index in [1.807, 2.05) is 53.4 Å². The van der Waals surface area contributed by atoms with Crippen LogP contribution in [-0.4, -0.2) is 60.5 Å². The van der Waals surface area contributed by atoms with Crippen LogP contribution in [0.2, 0.25) is 0 Å². The predicted molar refractivity (Wildman–Crippen MR) is 116 cm³/mol. The summed E-state index contributed by atoms with van der Waals surface area (Å²) in [6, 6.07) is 15.5. The van der Waals surface area contributed by atoms with Crippen molar-refractivity contribution in [1.29, 1.82) is 0 Å². The lowest BCUT2D eigenvalue weighted by molar-refractivity contribution is 0.0594. The van der Waals surface area contributed by atoms with E-state index >= 15 is 0 Å². The number of hydrogen-bond donors (Lipinski definition) is 1. The van der Waals surface area contributed by atoms with Crippen LogP contribution in [0, 0.1) is 0 Å². The van der Waals surface area contributed by atoms with E-state index in [0.717, 1.165) is 48.7 Å². The van der Waals surface area contributed by atoms with Gasteiger partial charge in [0.25, 0.3) is 5.91 Å². The second-order valence-corrected chi connectivity index (χ2v) is 7.92. The van der Waals surface area contributed by atoms with Gasteiger partial charge in [0.15, 0.2) is 0 Å². The number of amides is 3. The zero-order valence-electron chi connectivity index (χ0n) is 17.1. The van der Waals surface area contributed by atoms with Gasteiger partial charge < -0.3 is 10.2 Å². The molecule has 0 aromatic heterocycles. The number of nitrogens with one attached hydrogen (secondary N) is 1. The first-order valence-corrected chi connectivity index (χ1v) is 10.3. The molecule has 0 unspecified atom stereocenters. The molecule has 0 bridgehead atoms. The number of nitrogens with zero attached hydrogens (tertiary/aromatic N) is 3. The Morgan fingerprint density at radius 2 is 1.62 bits per heavy atom. The Morgan fingerprint density at radius 1 is 0.897 bits per heavy atom. The molecule has 6 nitrogen and oxygen atoms in total. The van der Waals surface area contributed by atoms with Gasteiger partial charge in [-0.25, -0.2) is 4.79 Å². The van der Waals surface area contributed by atoms with Crippen molar-refractivity contribution in [2.75, 3.05) is 42.9 Å². The second-order valence-electron chi connectivity index (χ2n) is 7.92. The van der Waals surface area contributed by atoms with E-state index in [2.05, 4.69) is 24.1 Å². The van der Waals surface area contributed by atoms with Gasteiger partial charge in [-0.1, -0.05) is 24.3 Å². The maximum Gasteiger partial charge on any atom is 0.326 e. The minimum absolute atomic E-state index is 0.0792. The number of fused-ring (bicyclic) bond motifs is 1. The normalized spacial score (nSPS) is 16.8. The topological polar surface area (TPSA) is 55.9 Å². The molecule has 6 heteroatoms. The number of rotatable bonds is 3. The number of benzene rings is 2. The fraction of sp³-hybridized carbons (Fsp3) is 0.391. The summed E-state index contributed by atoms with van der Waals surface area (Å²) < 4.78 is 0. The summed E-state index contributed by atoms with van der Waals surface area (Å²) in [5.41, 5.74) is 3.31. The van der Waals surface area contributed by atoms with Crippen LogP contribution in [-0.2, 0) is 6.42 Å². The molecule has 4 rings (SSSR count). The number of piperazine rings is 1. The number of carbonyl (C=O) groups excluding carboxylic acids is 2. The Kier molecular flexibility index (Phi) is 5.53. The molecule has 2 heterocycles. The molecule has 0 spiro atoms. The van der Waals surface area contributed by atoms with Crippen molar-refractivity contribution in [3.8, 4) is 0 Å². The molecule has 1 N–H and O–H groups in total. The third kappa shape index (κ3) is 3.98. The van der Waals surface area contributed by atoms with Crippen molar-refractivity contribution in [2.24, 2.45) is 0 Å². The summed E-state index contributed by atoms with van der Waals surface area (Å²) in [6.45, 7) is 8.28. The lowest BCUT2D eigenvalue weighted by atomic mass is 10.0. The maximum atomic E-state index is 13.2. The highest BCUT2D eigenvalue weighted by molar-refractivity contribution is 6.05. The van der Waals surface area contributed by atoms with Gasteiger partial charge in [0.1, 0.15) is 0 Å². The van der Waals surface area contributed by atoms with Gasteiger partial charge in [0.05, 0.1) is 0 Å². The molecular weight excluding hydrogens is 364 g/mol. The third-order valence-electron chi connectivity index (χ3n) is 5.86. The van der Waals surface area contributed by atoms with Crippen LogP contribution < -0.4 is 10.2 Å². The first-order chi connectivity index (χ1) is 14.0. The zero-order chi connectivity index (χ0) is 20.4. The minimum atomic E-state index is -0.162. The van der Waals surface area contributed by atoms with Crippen molar-refractivity contribution in [3.05, 3.63) is 59.7 Å². The predicted octanol–water partition coefficient (Wildman–Crippen LogP) is 3.45. The summed E-state index contributed by atoms with van der Waals surface area (Å²) in [5.74, 6) is 0.0792. The summed E-state index contributed by atoms with van der Waals surface area (Å²) in [6.07, 6.45) is 0.700. The average Bonchev–Trinajstić information content (AvgIpc) is 3.18. The fourth-order valence-corrected chi connectivity index (χ4v) is 4.17. The third-order valence-corrected chi connectivity index (χ3v) is 5.86. The van der Waals surface area contributed by atoms with Crippen molar-refractivity contribution >= 4 is 23.3 Å². The number of hydrogen-bond acceptors (Lipinski definition) is 3. The van der Waals surface area contributed by atoms with Gasteiger partial charge in [-0.3, -0.25) is 14.6 Å². The number of anilines is 2. The molecule has 2 aromatic carbocycles. The van der Waals surface area contributed by atoms with E-state index in [-0.39, 0.29) is 11.9 Å². The molecule has 0 radical (unpaired) electrons. The largest absolute Gasteiger partial charge is 0.336 e. The number of urea groups is 1. The minimum Gasteiger partial charge on any atom is -0.336 e. The monoisotopic (exact) mass is 392 g/mol. The van der Waals surface area contributed by atoms with Gasteiger partial charge in [-0.15, -0.1) is 0 Å². The van der Waals surface area contributed by atoms with Crippen molar-refractivity contribution in [1.82, 2.24) is 9.80 Å². The molecule has 152 valence electrons. The highest BCUT2D eigenvalue weighted by Crippen LogP contribution is 2.32. The average molecular weight is 393 g/mol. The summed E-state index contributed by atoms with van der Waals surface area (Å²) in [5, 5.41) is 2.94. The molecule has 1 fully saturated rings. The molecule has 0 aliphatic carbocycles. The lowest BCUT2D eigenvalue weighted by Crippen LogP contribution is -2.50. The Morgan fingerprint density at radius 3 is 2.31 bits per heavy atom. The molecular formula is C23H28N4O2. The molecule has 0 saturated carbocycles. The van der Waals surface area contributed by atoms with Crippen LogP contribution in [0.3, 0.4) is 0 Å². The van der Waals surface area contributed by atoms with Gasteiger partial charge in [0, 0.05) is 55.7 Å². The molecule has 1 saturated heterocycles. The van der Waals surface area contributed by atoms with Crippen molar-refractivity contribution in [3.63, 3.8) is 0 Å². The van der Waals surface area contributed by atoms with Crippen LogP contribution >= 0.6 is 0 Å². The van der Waals surface area contributed by atoms with E-state index in [4.69, 9.17) is 0 Å². The van der Waals surface area contributed by atoms with E-state index in [9.17, 15) is 9.59 Å². The van der Waals surface area contributed by atoms with Crippen LogP contribution in [0.1, 0.15) is 29.8 Å². The van der Waals surface area contributed by atoms with Crippen molar-refractivity contribution in [2.45, 2.75) is 26.3 Å². The first-order valence-electron chi connectivity index (χ1n) is 10.3. The Bertz CT molecular complexity index is 889.